The number of methoxy groups -OCH3 is 1. The molecule has 0 aromatic carbocycles. The molecule has 0 spiro atoms. The van der Waals surface area contributed by atoms with Crippen LogP contribution in [0.2, 0.25) is 0 Å². The maximum atomic E-state index is 14.3. The van der Waals surface area contributed by atoms with E-state index < -0.39 is 17.2 Å². The Hall–Kier alpha value is -3.03. The molecule has 40 heavy (non-hydrogen) atoms. The topological polar surface area (TPSA) is 110 Å². The first-order chi connectivity index (χ1) is 19.2. The molecule has 1 aliphatic carbocycles. The van der Waals surface area contributed by atoms with Crippen molar-refractivity contribution < 1.29 is 36.7 Å². The van der Waals surface area contributed by atoms with E-state index in [1.54, 1.807) is 16.9 Å². The summed E-state index contributed by atoms with van der Waals surface area (Å²) in [6, 6.07) is 1.20. The predicted molar refractivity (Wildman–Crippen MR) is 133 cm³/mol. The van der Waals surface area contributed by atoms with Crippen LogP contribution in [0, 0.1) is 11.3 Å². The van der Waals surface area contributed by atoms with Crippen LogP contribution >= 0.6 is 0 Å². The van der Waals surface area contributed by atoms with Crippen molar-refractivity contribution in [3.05, 3.63) is 47.4 Å². The first-order valence-corrected chi connectivity index (χ1v) is 13.6. The van der Waals surface area contributed by atoms with Crippen molar-refractivity contribution in [2.24, 2.45) is 11.3 Å². The Bertz CT molecular complexity index is 1260. The number of rotatable bonds is 5. The molecule has 2 amide bonds. The van der Waals surface area contributed by atoms with Gasteiger partial charge in [0.15, 0.2) is 12.1 Å². The molecule has 0 unspecified atom stereocenters. The Morgan fingerprint density at radius 2 is 2.10 bits per heavy atom. The van der Waals surface area contributed by atoms with E-state index in [1.807, 2.05) is 0 Å². The van der Waals surface area contributed by atoms with E-state index in [9.17, 15) is 22.8 Å². The monoisotopic (exact) mass is 563 g/mol. The highest BCUT2D eigenvalue weighted by molar-refractivity contribution is 5.93. The minimum Gasteiger partial charge on any atom is -0.451 e. The zero-order valence-electron chi connectivity index (χ0n) is 22.2. The van der Waals surface area contributed by atoms with E-state index >= 15 is 0 Å². The largest absolute Gasteiger partial charge is 0.451 e. The van der Waals surface area contributed by atoms with Crippen LogP contribution in [0.1, 0.15) is 46.6 Å². The molecule has 3 aliphatic heterocycles. The molecule has 0 bridgehead atoms. The summed E-state index contributed by atoms with van der Waals surface area (Å²) in [6.45, 7) is 2.14. The molecule has 2 aromatic heterocycles. The molecule has 4 aliphatic rings. The summed E-state index contributed by atoms with van der Waals surface area (Å²) in [5.41, 5.74) is -0.515. The number of carbonyl (C=O) groups is 2. The smallest absolute Gasteiger partial charge is 0.417 e. The fraction of sp³-hybridized carbons (Fsp3) is 0.630. The molecular formula is C27H32F3N5O5. The molecule has 5 atom stereocenters. The molecule has 3 fully saturated rings. The fourth-order valence-corrected chi connectivity index (χ4v) is 6.97. The van der Waals surface area contributed by atoms with Crippen LogP contribution in [-0.4, -0.2) is 89.7 Å². The van der Waals surface area contributed by atoms with Crippen LogP contribution in [0.3, 0.4) is 0 Å². The van der Waals surface area contributed by atoms with Gasteiger partial charge < -0.3 is 29.0 Å². The number of hydrogen-bond acceptors (Lipinski definition) is 8. The number of nitrogens with one attached hydrogen (secondary N) is 1. The van der Waals surface area contributed by atoms with Gasteiger partial charge in [0, 0.05) is 70.3 Å². The van der Waals surface area contributed by atoms with Crippen molar-refractivity contribution in [2.45, 2.75) is 56.6 Å². The van der Waals surface area contributed by atoms with Gasteiger partial charge in [-0.25, -0.2) is 4.98 Å². The van der Waals surface area contributed by atoms with Gasteiger partial charge in [-0.2, -0.15) is 13.2 Å². The van der Waals surface area contributed by atoms with Crippen LogP contribution in [0.4, 0.5) is 13.2 Å². The van der Waals surface area contributed by atoms with Crippen molar-refractivity contribution in [2.75, 3.05) is 40.0 Å². The summed E-state index contributed by atoms with van der Waals surface area (Å²) in [4.78, 5) is 38.9. The first kappa shape index (κ1) is 27.2. The number of likely N-dealkylation sites (tertiary alicyclic amines) is 1. The number of oxazole rings is 1. The van der Waals surface area contributed by atoms with Crippen LogP contribution < -0.4 is 5.32 Å². The molecule has 6 rings (SSSR count). The van der Waals surface area contributed by atoms with Crippen molar-refractivity contribution >= 4 is 11.8 Å². The minimum atomic E-state index is -4.51. The highest BCUT2D eigenvalue weighted by Crippen LogP contribution is 2.51. The number of carbonyl (C=O) groups excluding carboxylic acids is 2. The SMILES string of the molecule is CO[C@@H]1COCC[C@@H]1N[C@@H]1C[C@H]2CN(C(=O)c3cocn3)C[C@@]2(C(=O)N2CCc3ncc(C(F)(F)F)cc3C2)C1. The third-order valence-electron chi connectivity index (χ3n) is 8.95. The van der Waals surface area contributed by atoms with Crippen LogP contribution in [0.25, 0.3) is 0 Å². The van der Waals surface area contributed by atoms with Gasteiger partial charge in [-0.15, -0.1) is 0 Å². The quantitative estimate of drug-likeness (QED) is 0.590. The molecule has 13 heteroatoms. The normalized spacial score (nSPS) is 30.3. The maximum absolute atomic E-state index is 14.3. The lowest BCUT2D eigenvalue weighted by Gasteiger charge is -2.37. The average Bonchev–Trinajstić information content (AvgIpc) is 3.67. The number of amides is 2. The Morgan fingerprint density at radius 3 is 2.85 bits per heavy atom. The minimum absolute atomic E-state index is 0.0228. The lowest BCUT2D eigenvalue weighted by Crippen LogP contribution is -2.52. The molecule has 5 heterocycles. The lowest BCUT2D eigenvalue weighted by atomic mass is 9.78. The second kappa shape index (κ2) is 10.4. The number of pyridine rings is 1. The van der Waals surface area contributed by atoms with Gasteiger partial charge in [0.1, 0.15) is 6.26 Å². The fourth-order valence-electron chi connectivity index (χ4n) is 6.97. The van der Waals surface area contributed by atoms with E-state index in [4.69, 9.17) is 13.9 Å². The van der Waals surface area contributed by atoms with Crippen LogP contribution in [-0.2, 0) is 33.4 Å². The van der Waals surface area contributed by atoms with E-state index in [2.05, 4.69) is 15.3 Å². The van der Waals surface area contributed by atoms with Gasteiger partial charge in [-0.1, -0.05) is 0 Å². The second-order valence-corrected chi connectivity index (χ2v) is 11.3. The van der Waals surface area contributed by atoms with Crippen molar-refractivity contribution in [3.63, 3.8) is 0 Å². The molecule has 2 aromatic rings. The number of hydrogen-bond donors (Lipinski definition) is 1. The van der Waals surface area contributed by atoms with Gasteiger partial charge >= 0.3 is 6.18 Å². The molecule has 1 N–H and O–H groups in total. The van der Waals surface area contributed by atoms with Crippen LogP contribution in [0.5, 0.6) is 0 Å². The zero-order chi connectivity index (χ0) is 28.1. The average molecular weight is 564 g/mol. The summed E-state index contributed by atoms with van der Waals surface area (Å²) in [7, 11) is 1.66. The summed E-state index contributed by atoms with van der Waals surface area (Å²) >= 11 is 0. The van der Waals surface area contributed by atoms with E-state index in [1.165, 1.54) is 12.7 Å². The third kappa shape index (κ3) is 4.88. The van der Waals surface area contributed by atoms with Gasteiger partial charge in [-0.3, -0.25) is 14.6 Å². The summed E-state index contributed by atoms with van der Waals surface area (Å²) in [6.07, 6.45) is 1.09. The van der Waals surface area contributed by atoms with E-state index in [0.29, 0.717) is 56.8 Å². The number of halogens is 3. The van der Waals surface area contributed by atoms with Crippen LogP contribution in [0.15, 0.2) is 29.3 Å². The van der Waals surface area contributed by atoms with Gasteiger partial charge in [-0.05, 0) is 36.8 Å². The second-order valence-electron chi connectivity index (χ2n) is 11.3. The Labute approximate surface area is 229 Å². The number of fused-ring (bicyclic) bond motifs is 2. The standard InChI is InChI=1S/C27H32F3N5O5/c1-38-23-13-39-5-3-21(23)33-19-7-18-11-35(24(36)22-12-40-15-32-22)14-26(18,8-19)25(37)34-4-2-20-16(10-34)6-17(9-31-20)27(28,29)30/h6,9,12,15,18-19,21,23,33H,2-5,7-8,10-11,13-14H2,1H3/t18-,19+,21-,23+,26-/m0/s1. The number of aromatic nitrogens is 2. The summed E-state index contributed by atoms with van der Waals surface area (Å²) < 4.78 is 56.3. The Kier molecular flexibility index (Phi) is 7.07. The Morgan fingerprint density at radius 1 is 1.25 bits per heavy atom. The molecule has 10 nitrogen and oxygen atoms in total. The zero-order valence-corrected chi connectivity index (χ0v) is 22.2. The molecular weight excluding hydrogens is 531 g/mol. The van der Waals surface area contributed by atoms with Gasteiger partial charge in [0.2, 0.25) is 5.91 Å². The highest BCUT2D eigenvalue weighted by atomic mass is 19.4. The molecule has 216 valence electrons. The molecule has 0 radical (unpaired) electrons. The van der Waals surface area contributed by atoms with Crippen molar-refractivity contribution in [3.8, 4) is 0 Å². The molecule has 1 saturated carbocycles. The number of ether oxygens (including phenoxy) is 2. The first-order valence-electron chi connectivity index (χ1n) is 13.6. The third-order valence-corrected chi connectivity index (χ3v) is 8.95. The van der Waals surface area contributed by atoms with E-state index in [0.717, 1.165) is 18.7 Å². The van der Waals surface area contributed by atoms with Crippen molar-refractivity contribution in [1.29, 1.82) is 0 Å². The highest BCUT2D eigenvalue weighted by Gasteiger charge is 2.60. The lowest BCUT2D eigenvalue weighted by molar-refractivity contribution is -0.143. The maximum Gasteiger partial charge on any atom is 0.417 e. The van der Waals surface area contributed by atoms with Gasteiger partial charge in [0.25, 0.3) is 5.91 Å². The Balaban J connectivity index is 1.25. The van der Waals surface area contributed by atoms with Gasteiger partial charge in [0.05, 0.1) is 23.7 Å². The number of nitrogens with zero attached hydrogens (tertiary/aromatic N) is 4. The summed E-state index contributed by atoms with van der Waals surface area (Å²) in [5.74, 6) is -0.544. The van der Waals surface area contributed by atoms with Crippen molar-refractivity contribution in [1.82, 2.24) is 25.1 Å². The summed E-state index contributed by atoms with van der Waals surface area (Å²) in [5, 5.41) is 3.70. The number of alkyl halides is 3. The predicted octanol–water partition coefficient (Wildman–Crippen LogP) is 2.29. The van der Waals surface area contributed by atoms with E-state index in [-0.39, 0.29) is 54.7 Å². The molecule has 2 saturated heterocycles.